The molecule has 0 radical (unpaired) electrons. The maximum atomic E-state index is 6.54. The molecule has 0 amide bonds. The second kappa shape index (κ2) is 8.09. The van der Waals surface area contributed by atoms with Crippen LogP contribution in [0.4, 0.5) is 0 Å². The third kappa shape index (κ3) is 3.81. The van der Waals surface area contributed by atoms with Gasteiger partial charge in [0.05, 0.1) is 25.4 Å². The lowest BCUT2D eigenvalue weighted by atomic mass is 9.96. The van der Waals surface area contributed by atoms with Gasteiger partial charge in [-0.3, -0.25) is 0 Å². The van der Waals surface area contributed by atoms with Gasteiger partial charge in [-0.2, -0.15) is 0 Å². The molecule has 0 saturated carbocycles. The van der Waals surface area contributed by atoms with Gasteiger partial charge in [-0.05, 0) is 33.8 Å². The van der Waals surface area contributed by atoms with Crippen LogP contribution in [0.1, 0.15) is 39.4 Å². The molecule has 0 aromatic heterocycles. The Kier molecular flexibility index (Phi) is 6.03. The van der Waals surface area contributed by atoms with Gasteiger partial charge in [0.1, 0.15) is 36.3 Å². The standard InChI is InChI=1S/C21H30O5/c1-6-11-22-17-10-8-7-9-16(17)18-19-20(25-15(4)5)21(26-18,13-24-19)12-23-14(2)3/h6-10,14-15,18-20H,1,11-13H2,2-5H3. The second-order valence-corrected chi connectivity index (χ2v) is 7.48. The van der Waals surface area contributed by atoms with Crippen LogP contribution in [0.5, 0.6) is 5.75 Å². The lowest BCUT2D eigenvalue weighted by molar-refractivity contribution is -0.181. The van der Waals surface area contributed by atoms with Crippen molar-refractivity contribution in [2.75, 3.05) is 19.8 Å². The summed E-state index contributed by atoms with van der Waals surface area (Å²) in [6, 6.07) is 7.91. The number of hydrogen-bond donors (Lipinski definition) is 0. The lowest BCUT2D eigenvalue weighted by Gasteiger charge is -2.32. The van der Waals surface area contributed by atoms with Crippen LogP contribution in [0.3, 0.4) is 0 Å². The van der Waals surface area contributed by atoms with Gasteiger partial charge in [-0.25, -0.2) is 0 Å². The van der Waals surface area contributed by atoms with Gasteiger partial charge in [-0.1, -0.05) is 30.9 Å². The van der Waals surface area contributed by atoms with Crippen LogP contribution in [-0.4, -0.2) is 49.8 Å². The molecular formula is C21H30O5. The van der Waals surface area contributed by atoms with E-state index in [-0.39, 0.29) is 30.5 Å². The van der Waals surface area contributed by atoms with Crippen molar-refractivity contribution in [3.63, 3.8) is 0 Å². The van der Waals surface area contributed by atoms with E-state index in [0.29, 0.717) is 19.8 Å². The molecule has 2 aliphatic heterocycles. The fourth-order valence-corrected chi connectivity index (χ4v) is 3.57. The molecule has 0 spiro atoms. The monoisotopic (exact) mass is 362 g/mol. The first-order valence-corrected chi connectivity index (χ1v) is 9.36. The predicted octanol–water partition coefficient (Wildman–Crippen LogP) is 3.68. The number of para-hydroxylation sites is 1. The number of rotatable bonds is 9. The highest BCUT2D eigenvalue weighted by Crippen LogP contribution is 2.50. The number of hydrogen-bond acceptors (Lipinski definition) is 5. The van der Waals surface area contributed by atoms with Crippen LogP contribution < -0.4 is 4.74 Å². The molecule has 2 aliphatic rings. The van der Waals surface area contributed by atoms with Gasteiger partial charge < -0.3 is 23.7 Å². The van der Waals surface area contributed by atoms with Gasteiger partial charge in [0.2, 0.25) is 0 Å². The average Bonchev–Trinajstić information content (AvgIpc) is 3.10. The van der Waals surface area contributed by atoms with Crippen molar-refractivity contribution in [1.82, 2.24) is 0 Å². The summed E-state index contributed by atoms with van der Waals surface area (Å²) in [4.78, 5) is 0. The Morgan fingerprint density at radius 2 is 2.00 bits per heavy atom. The van der Waals surface area contributed by atoms with Gasteiger partial charge >= 0.3 is 0 Å². The third-order valence-electron chi connectivity index (χ3n) is 4.66. The van der Waals surface area contributed by atoms with E-state index in [1.807, 2.05) is 52.0 Å². The van der Waals surface area contributed by atoms with Gasteiger partial charge in [0, 0.05) is 5.56 Å². The molecule has 144 valence electrons. The molecule has 5 nitrogen and oxygen atoms in total. The van der Waals surface area contributed by atoms with Gasteiger partial charge in [0.15, 0.2) is 0 Å². The van der Waals surface area contributed by atoms with Crippen molar-refractivity contribution in [2.24, 2.45) is 0 Å². The smallest absolute Gasteiger partial charge is 0.144 e. The topological polar surface area (TPSA) is 46.2 Å². The summed E-state index contributed by atoms with van der Waals surface area (Å²) in [6.07, 6.45) is 1.34. The minimum absolute atomic E-state index is 0.0808. The summed E-state index contributed by atoms with van der Waals surface area (Å²) >= 11 is 0. The highest BCUT2D eigenvalue weighted by atomic mass is 16.7. The SMILES string of the molecule is C=CCOc1ccccc1C1OC2(COC(C)C)COC1C2OC(C)C. The van der Waals surface area contributed by atoms with Crippen molar-refractivity contribution >= 4 is 0 Å². The van der Waals surface area contributed by atoms with Crippen molar-refractivity contribution < 1.29 is 23.7 Å². The van der Waals surface area contributed by atoms with Crippen LogP contribution in [0.15, 0.2) is 36.9 Å². The van der Waals surface area contributed by atoms with E-state index in [1.165, 1.54) is 0 Å². The zero-order valence-corrected chi connectivity index (χ0v) is 16.1. The molecule has 1 aromatic rings. The molecule has 4 unspecified atom stereocenters. The normalized spacial score (nSPS) is 30.3. The molecule has 2 fully saturated rings. The van der Waals surface area contributed by atoms with Crippen LogP contribution in [0.25, 0.3) is 0 Å². The summed E-state index contributed by atoms with van der Waals surface area (Å²) in [5, 5.41) is 0. The number of benzene rings is 1. The van der Waals surface area contributed by atoms with E-state index in [0.717, 1.165) is 11.3 Å². The summed E-state index contributed by atoms with van der Waals surface area (Å²) < 4.78 is 30.6. The largest absolute Gasteiger partial charge is 0.489 e. The molecule has 3 rings (SSSR count). The fraction of sp³-hybridized carbons (Fsp3) is 0.619. The molecular weight excluding hydrogens is 332 g/mol. The summed E-state index contributed by atoms with van der Waals surface area (Å²) in [6.45, 7) is 13.2. The highest BCUT2D eigenvalue weighted by Gasteiger charge is 2.63. The number of ether oxygens (including phenoxy) is 5. The maximum absolute atomic E-state index is 6.54. The van der Waals surface area contributed by atoms with Crippen LogP contribution in [-0.2, 0) is 18.9 Å². The Morgan fingerprint density at radius 3 is 2.69 bits per heavy atom. The minimum atomic E-state index is -0.588. The van der Waals surface area contributed by atoms with E-state index in [9.17, 15) is 0 Å². The number of fused-ring (bicyclic) bond motifs is 2. The molecule has 1 aromatic carbocycles. The van der Waals surface area contributed by atoms with Crippen molar-refractivity contribution in [1.29, 1.82) is 0 Å². The van der Waals surface area contributed by atoms with Crippen molar-refractivity contribution in [2.45, 2.75) is 63.8 Å². The predicted molar refractivity (Wildman–Crippen MR) is 99.5 cm³/mol. The van der Waals surface area contributed by atoms with E-state index in [1.54, 1.807) is 6.08 Å². The van der Waals surface area contributed by atoms with E-state index in [2.05, 4.69) is 6.58 Å². The second-order valence-electron chi connectivity index (χ2n) is 7.48. The first kappa shape index (κ1) is 19.4. The minimum Gasteiger partial charge on any atom is -0.489 e. The van der Waals surface area contributed by atoms with Crippen molar-refractivity contribution in [3.05, 3.63) is 42.5 Å². The summed E-state index contributed by atoms with van der Waals surface area (Å²) in [7, 11) is 0. The van der Waals surface area contributed by atoms with Crippen LogP contribution >= 0.6 is 0 Å². The Labute approximate surface area is 156 Å². The Bertz CT molecular complexity index is 614. The van der Waals surface area contributed by atoms with Gasteiger partial charge in [0.25, 0.3) is 0 Å². The Morgan fingerprint density at radius 1 is 1.23 bits per heavy atom. The lowest BCUT2D eigenvalue weighted by Crippen LogP contribution is -2.47. The summed E-state index contributed by atoms with van der Waals surface area (Å²) in [5.74, 6) is 0.789. The zero-order valence-electron chi connectivity index (χ0n) is 16.1. The molecule has 2 heterocycles. The van der Waals surface area contributed by atoms with Crippen LogP contribution in [0.2, 0.25) is 0 Å². The fourth-order valence-electron chi connectivity index (χ4n) is 3.57. The van der Waals surface area contributed by atoms with E-state index < -0.39 is 5.60 Å². The first-order valence-electron chi connectivity index (χ1n) is 9.36. The third-order valence-corrected chi connectivity index (χ3v) is 4.66. The first-order chi connectivity index (χ1) is 12.5. The molecule has 2 saturated heterocycles. The Hall–Kier alpha value is -1.40. The van der Waals surface area contributed by atoms with E-state index in [4.69, 9.17) is 23.7 Å². The van der Waals surface area contributed by atoms with Gasteiger partial charge in [-0.15, -0.1) is 0 Å². The molecule has 0 N–H and O–H groups in total. The summed E-state index contributed by atoms with van der Waals surface area (Å²) in [5.41, 5.74) is 0.387. The average molecular weight is 362 g/mol. The Balaban J connectivity index is 1.88. The molecule has 0 aliphatic carbocycles. The maximum Gasteiger partial charge on any atom is 0.144 e. The zero-order chi connectivity index (χ0) is 18.7. The molecule has 4 atom stereocenters. The molecule has 26 heavy (non-hydrogen) atoms. The quantitative estimate of drug-likeness (QED) is 0.627. The van der Waals surface area contributed by atoms with E-state index >= 15 is 0 Å². The highest BCUT2D eigenvalue weighted by molar-refractivity contribution is 5.38. The van der Waals surface area contributed by atoms with Crippen molar-refractivity contribution in [3.8, 4) is 5.75 Å². The molecule has 2 bridgehead atoms. The van der Waals surface area contributed by atoms with Crippen LogP contribution in [0, 0.1) is 0 Å². The molecule has 5 heteroatoms.